The molecule has 3 amide bonds. The standard InChI is InChI=1S/C28H43N3O4S/c1-4-16-29(3)25(33)22-21-14-15-28(36-21)23(22)26(34)31(18-10-7-11-19-32)24(28)27(35)30(17-5-2)20-12-8-6-9-13-20/h4-5,20-24,32H,1-2,6-19H2,3H3/t21-,22+,23-,24?,28?/m0/s1. The smallest absolute Gasteiger partial charge is 0.247 e. The first-order valence-corrected chi connectivity index (χ1v) is 14.7. The quantitative estimate of drug-likeness (QED) is 0.318. The highest BCUT2D eigenvalue weighted by Crippen LogP contribution is 2.66. The van der Waals surface area contributed by atoms with Crippen LogP contribution in [0.25, 0.3) is 0 Å². The van der Waals surface area contributed by atoms with Crippen molar-refractivity contribution >= 4 is 29.5 Å². The summed E-state index contributed by atoms with van der Waals surface area (Å²) in [6.07, 6.45) is 12.8. The Morgan fingerprint density at radius 3 is 2.47 bits per heavy atom. The molecule has 1 spiro atoms. The first-order valence-electron chi connectivity index (χ1n) is 13.8. The summed E-state index contributed by atoms with van der Waals surface area (Å²) in [5.74, 6) is -0.831. The van der Waals surface area contributed by atoms with Crippen LogP contribution in [0.15, 0.2) is 25.3 Å². The number of hydrogen-bond donors (Lipinski definition) is 1. The lowest BCUT2D eigenvalue weighted by Gasteiger charge is -2.41. The maximum atomic E-state index is 14.4. The molecule has 1 saturated carbocycles. The number of thioether (sulfide) groups is 1. The van der Waals surface area contributed by atoms with Crippen LogP contribution in [0.1, 0.15) is 64.2 Å². The second-order valence-corrected chi connectivity index (χ2v) is 12.6. The Bertz CT molecular complexity index is 860. The number of hydrogen-bond acceptors (Lipinski definition) is 5. The lowest BCUT2D eigenvalue weighted by molar-refractivity contribution is -0.145. The van der Waals surface area contributed by atoms with Crippen molar-refractivity contribution in [3.63, 3.8) is 0 Å². The van der Waals surface area contributed by atoms with Gasteiger partial charge in [0.05, 0.1) is 16.6 Å². The number of fused-ring (bicyclic) bond motifs is 1. The summed E-state index contributed by atoms with van der Waals surface area (Å²) in [6.45, 7) is 9.26. The van der Waals surface area contributed by atoms with Gasteiger partial charge in [-0.3, -0.25) is 14.4 Å². The fraction of sp³-hybridized carbons (Fsp3) is 0.750. The van der Waals surface area contributed by atoms with Crippen molar-refractivity contribution in [3.05, 3.63) is 25.3 Å². The van der Waals surface area contributed by atoms with E-state index in [2.05, 4.69) is 13.2 Å². The van der Waals surface area contributed by atoms with Gasteiger partial charge in [-0.25, -0.2) is 0 Å². The second kappa shape index (κ2) is 11.7. The van der Waals surface area contributed by atoms with Crippen molar-refractivity contribution in [3.8, 4) is 0 Å². The van der Waals surface area contributed by atoms with Crippen LogP contribution in [0.4, 0.5) is 0 Å². The van der Waals surface area contributed by atoms with E-state index in [1.54, 1.807) is 35.9 Å². The Hall–Kier alpha value is -1.80. The fourth-order valence-electron chi connectivity index (χ4n) is 7.17. The number of carbonyl (C=O) groups excluding carboxylic acids is 3. The number of carbonyl (C=O) groups is 3. The van der Waals surface area contributed by atoms with E-state index < -0.39 is 16.7 Å². The molecule has 4 fully saturated rings. The number of unbranched alkanes of at least 4 members (excludes halogenated alkanes) is 2. The molecular formula is C28H43N3O4S. The van der Waals surface area contributed by atoms with Gasteiger partial charge in [0.25, 0.3) is 0 Å². The second-order valence-electron chi connectivity index (χ2n) is 11.0. The first-order chi connectivity index (χ1) is 17.4. The molecule has 1 N–H and O–H groups in total. The van der Waals surface area contributed by atoms with Gasteiger partial charge in [-0.15, -0.1) is 24.9 Å². The molecule has 0 aromatic carbocycles. The molecule has 200 valence electrons. The van der Waals surface area contributed by atoms with E-state index in [4.69, 9.17) is 0 Å². The molecule has 4 aliphatic rings. The third-order valence-electron chi connectivity index (χ3n) is 8.78. The summed E-state index contributed by atoms with van der Waals surface area (Å²) in [5.41, 5.74) is 0. The van der Waals surface area contributed by atoms with Crippen molar-refractivity contribution < 1.29 is 19.5 Å². The Morgan fingerprint density at radius 1 is 1.08 bits per heavy atom. The van der Waals surface area contributed by atoms with Crippen molar-refractivity contribution in [1.82, 2.24) is 14.7 Å². The molecule has 4 rings (SSSR count). The highest BCUT2D eigenvalue weighted by molar-refractivity contribution is 8.02. The summed E-state index contributed by atoms with van der Waals surface area (Å²) in [5, 5.41) is 9.31. The lowest BCUT2D eigenvalue weighted by Crippen LogP contribution is -2.57. The molecule has 8 heteroatoms. The molecule has 5 atom stereocenters. The molecule has 1 aliphatic carbocycles. The number of likely N-dealkylation sites (tertiary alicyclic amines) is 1. The number of aliphatic hydroxyl groups is 1. The van der Waals surface area contributed by atoms with Crippen molar-refractivity contribution in [2.75, 3.05) is 33.3 Å². The molecule has 3 saturated heterocycles. The maximum absolute atomic E-state index is 14.4. The van der Waals surface area contributed by atoms with Crippen LogP contribution in [-0.4, -0.2) is 92.9 Å². The SMILES string of the molecule is C=CCN(C)C(=O)[C@@H]1[C@@H]2CCC3(S2)C(C(=O)N(CC=C)C2CCCCC2)N(CCCCCO)C(=O)[C@H]13. The molecule has 2 unspecified atom stereocenters. The lowest BCUT2D eigenvalue weighted by atomic mass is 9.70. The number of nitrogens with zero attached hydrogens (tertiary/aromatic N) is 3. The molecule has 36 heavy (non-hydrogen) atoms. The van der Waals surface area contributed by atoms with Gasteiger partial charge < -0.3 is 19.8 Å². The van der Waals surface area contributed by atoms with E-state index in [1.807, 2.05) is 9.80 Å². The van der Waals surface area contributed by atoms with Crippen LogP contribution in [-0.2, 0) is 14.4 Å². The van der Waals surface area contributed by atoms with E-state index in [0.29, 0.717) is 26.1 Å². The molecule has 3 aliphatic heterocycles. The normalized spacial score (nSPS) is 31.4. The number of amides is 3. The molecule has 0 radical (unpaired) electrons. The summed E-state index contributed by atoms with van der Waals surface area (Å²) >= 11 is 1.74. The molecule has 0 aromatic heterocycles. The summed E-state index contributed by atoms with van der Waals surface area (Å²) in [6, 6.07) is -0.352. The average Bonchev–Trinajstić information content (AvgIpc) is 3.52. The van der Waals surface area contributed by atoms with Crippen LogP contribution in [0.5, 0.6) is 0 Å². The topological polar surface area (TPSA) is 81.2 Å². The van der Waals surface area contributed by atoms with Crippen LogP contribution in [0, 0.1) is 11.8 Å². The predicted molar refractivity (Wildman–Crippen MR) is 143 cm³/mol. The minimum absolute atomic E-state index is 0.00381. The third-order valence-corrected chi connectivity index (χ3v) is 10.7. The minimum atomic E-state index is -0.542. The van der Waals surface area contributed by atoms with E-state index in [0.717, 1.165) is 51.4 Å². The highest BCUT2D eigenvalue weighted by atomic mass is 32.2. The van der Waals surface area contributed by atoms with Gasteiger partial charge in [0, 0.05) is 44.6 Å². The van der Waals surface area contributed by atoms with Crippen molar-refractivity contribution in [1.29, 1.82) is 0 Å². The van der Waals surface area contributed by atoms with Crippen LogP contribution in [0.2, 0.25) is 0 Å². The van der Waals surface area contributed by atoms with Gasteiger partial charge in [-0.05, 0) is 44.9 Å². The van der Waals surface area contributed by atoms with Crippen LogP contribution in [0.3, 0.4) is 0 Å². The first kappa shape index (κ1) is 27.2. The monoisotopic (exact) mass is 517 g/mol. The Morgan fingerprint density at radius 2 is 1.81 bits per heavy atom. The zero-order valence-corrected chi connectivity index (χ0v) is 22.6. The zero-order valence-electron chi connectivity index (χ0n) is 21.8. The largest absolute Gasteiger partial charge is 0.396 e. The summed E-state index contributed by atoms with van der Waals surface area (Å²) in [4.78, 5) is 47.6. The fourth-order valence-corrected chi connectivity index (χ4v) is 9.38. The molecule has 3 heterocycles. The van der Waals surface area contributed by atoms with Crippen LogP contribution >= 0.6 is 11.8 Å². The maximum Gasteiger partial charge on any atom is 0.247 e. The van der Waals surface area contributed by atoms with E-state index >= 15 is 0 Å². The zero-order chi connectivity index (χ0) is 25.9. The van der Waals surface area contributed by atoms with Gasteiger partial charge >= 0.3 is 0 Å². The van der Waals surface area contributed by atoms with Gasteiger partial charge in [-0.2, -0.15) is 0 Å². The Balaban J connectivity index is 1.68. The predicted octanol–water partition coefficient (Wildman–Crippen LogP) is 3.23. The summed E-state index contributed by atoms with van der Waals surface area (Å²) < 4.78 is -0.542. The highest BCUT2D eigenvalue weighted by Gasteiger charge is 2.74. The Kier molecular flexibility index (Phi) is 8.87. The third kappa shape index (κ3) is 4.75. The van der Waals surface area contributed by atoms with E-state index in [9.17, 15) is 19.5 Å². The van der Waals surface area contributed by atoms with E-state index in [-0.39, 0.29) is 41.5 Å². The van der Waals surface area contributed by atoms with Gasteiger partial charge in [0.2, 0.25) is 17.7 Å². The van der Waals surface area contributed by atoms with Crippen molar-refractivity contribution in [2.45, 2.75) is 86.3 Å². The number of aliphatic hydroxyl groups excluding tert-OH is 1. The number of rotatable bonds is 12. The van der Waals surface area contributed by atoms with Gasteiger partial charge in [-0.1, -0.05) is 31.4 Å². The molecular weight excluding hydrogens is 474 g/mol. The van der Waals surface area contributed by atoms with Crippen molar-refractivity contribution in [2.24, 2.45) is 11.8 Å². The summed E-state index contributed by atoms with van der Waals surface area (Å²) in [7, 11) is 1.77. The van der Waals surface area contributed by atoms with Crippen LogP contribution < -0.4 is 0 Å². The van der Waals surface area contributed by atoms with Gasteiger partial charge in [0.1, 0.15) is 6.04 Å². The minimum Gasteiger partial charge on any atom is -0.396 e. The van der Waals surface area contributed by atoms with E-state index in [1.165, 1.54) is 6.42 Å². The number of likely N-dealkylation sites (N-methyl/N-ethyl adjacent to an activating group) is 1. The Labute approximate surface area is 220 Å². The molecule has 7 nitrogen and oxygen atoms in total. The molecule has 2 bridgehead atoms. The molecule has 0 aromatic rings. The average molecular weight is 518 g/mol. The van der Waals surface area contributed by atoms with Gasteiger partial charge in [0.15, 0.2) is 0 Å².